The molecule has 0 aliphatic heterocycles. The number of nitro groups is 1. The Bertz CT molecular complexity index is 1330. The monoisotopic (exact) mass is 506 g/mol. The van der Waals surface area contributed by atoms with E-state index >= 15 is 0 Å². The normalized spacial score (nSPS) is 11.7. The van der Waals surface area contributed by atoms with Crippen LogP contribution >= 0.6 is 11.6 Å². The van der Waals surface area contributed by atoms with Crippen molar-refractivity contribution in [1.82, 2.24) is 5.32 Å². The number of carbonyl (C=O) groups excluding carboxylic acids is 2. The molecule has 1 atom stereocenters. The average molecular weight is 507 g/mol. The van der Waals surface area contributed by atoms with Crippen LogP contribution < -0.4 is 10.2 Å². The lowest BCUT2D eigenvalue weighted by Crippen LogP contribution is -2.49. The van der Waals surface area contributed by atoms with E-state index in [0.29, 0.717) is 16.3 Å². The van der Waals surface area contributed by atoms with Crippen LogP contribution in [0.4, 0.5) is 17.1 Å². The third-order valence-electron chi connectivity index (χ3n) is 5.04. The Kier molecular flexibility index (Phi) is 7.93. The van der Waals surface area contributed by atoms with Gasteiger partial charge in [0, 0.05) is 44.5 Å². The number of non-ortho nitro benzene ring substituents is 1. The number of halogens is 1. The molecule has 0 fully saturated rings. The summed E-state index contributed by atoms with van der Waals surface area (Å²) < 4.78 is 0. The van der Waals surface area contributed by atoms with E-state index in [9.17, 15) is 19.7 Å². The van der Waals surface area contributed by atoms with Gasteiger partial charge in [0.1, 0.15) is 6.04 Å². The second-order valence-corrected chi connectivity index (χ2v) is 9.28. The third-order valence-corrected chi connectivity index (χ3v) is 5.29. The number of carbonyl (C=O) groups is 2. The summed E-state index contributed by atoms with van der Waals surface area (Å²) in [6, 6.07) is 16.6. The summed E-state index contributed by atoms with van der Waals surface area (Å²) in [5, 5.41) is 18.1. The highest BCUT2D eigenvalue weighted by Crippen LogP contribution is 2.36. The number of nitrogens with zero attached hydrogens (tertiary/aromatic N) is 5. The van der Waals surface area contributed by atoms with Crippen LogP contribution in [0, 0.1) is 10.1 Å². The number of azide groups is 1. The molecule has 0 radical (unpaired) electrons. The molecule has 3 rings (SSSR count). The predicted molar refractivity (Wildman–Crippen MR) is 137 cm³/mol. The summed E-state index contributed by atoms with van der Waals surface area (Å²) in [5.74, 6) is -1.12. The van der Waals surface area contributed by atoms with Crippen LogP contribution in [0.3, 0.4) is 0 Å². The smallest absolute Gasteiger partial charge is 0.269 e. The molecule has 0 saturated carbocycles. The second kappa shape index (κ2) is 10.9. The van der Waals surface area contributed by atoms with E-state index in [4.69, 9.17) is 17.1 Å². The van der Waals surface area contributed by atoms with Gasteiger partial charge < -0.3 is 5.32 Å². The number of benzene rings is 3. The summed E-state index contributed by atoms with van der Waals surface area (Å²) in [4.78, 5) is 42.3. The maximum absolute atomic E-state index is 13.9. The van der Waals surface area contributed by atoms with Crippen LogP contribution in [-0.2, 0) is 4.79 Å². The van der Waals surface area contributed by atoms with Gasteiger partial charge in [-0.1, -0.05) is 41.0 Å². The van der Waals surface area contributed by atoms with Crippen molar-refractivity contribution in [3.63, 3.8) is 0 Å². The van der Waals surface area contributed by atoms with Gasteiger partial charge in [-0.2, -0.15) is 0 Å². The Morgan fingerprint density at radius 1 is 1.06 bits per heavy atom. The Labute approximate surface area is 212 Å². The quantitative estimate of drug-likeness (QED) is 0.128. The zero-order chi connectivity index (χ0) is 26.5. The van der Waals surface area contributed by atoms with E-state index in [-0.39, 0.29) is 16.9 Å². The van der Waals surface area contributed by atoms with E-state index in [1.54, 1.807) is 69.3 Å². The van der Waals surface area contributed by atoms with E-state index in [1.807, 2.05) is 0 Å². The van der Waals surface area contributed by atoms with Crippen molar-refractivity contribution >= 4 is 40.5 Å². The average Bonchev–Trinajstić information content (AvgIpc) is 2.82. The van der Waals surface area contributed by atoms with Gasteiger partial charge in [0.15, 0.2) is 0 Å². The van der Waals surface area contributed by atoms with Crippen molar-refractivity contribution in [3.8, 4) is 0 Å². The molecule has 0 aromatic heterocycles. The van der Waals surface area contributed by atoms with Crippen LogP contribution in [0.15, 0.2) is 77.9 Å². The SMILES string of the molecule is CC(C)(C)NC(=O)C(c1ccccc1N=[N+]=[N-])N(C(=O)c1ccc([N+](=O)[O-])cc1)c1ccc(Cl)cc1. The van der Waals surface area contributed by atoms with Crippen LogP contribution in [0.1, 0.15) is 42.7 Å². The molecule has 3 aromatic carbocycles. The fourth-order valence-electron chi connectivity index (χ4n) is 3.54. The fourth-order valence-corrected chi connectivity index (χ4v) is 3.67. The lowest BCUT2D eigenvalue weighted by Gasteiger charge is -2.34. The van der Waals surface area contributed by atoms with Crippen LogP contribution in [0.2, 0.25) is 5.02 Å². The third kappa shape index (κ3) is 6.18. The first kappa shape index (κ1) is 26.2. The van der Waals surface area contributed by atoms with Crippen molar-refractivity contribution in [3.05, 3.63) is 110 Å². The number of nitro benzene ring substituents is 1. The highest BCUT2D eigenvalue weighted by molar-refractivity contribution is 6.30. The van der Waals surface area contributed by atoms with E-state index in [1.165, 1.54) is 29.2 Å². The fraction of sp³-hybridized carbons (Fsp3) is 0.200. The zero-order valence-corrected chi connectivity index (χ0v) is 20.5. The number of hydrogen-bond acceptors (Lipinski definition) is 5. The topological polar surface area (TPSA) is 141 Å². The van der Waals surface area contributed by atoms with Crippen molar-refractivity contribution in [2.24, 2.45) is 5.11 Å². The van der Waals surface area contributed by atoms with Gasteiger partial charge >= 0.3 is 0 Å². The summed E-state index contributed by atoms with van der Waals surface area (Å²) in [6.07, 6.45) is 0. The van der Waals surface area contributed by atoms with Crippen LogP contribution in [-0.4, -0.2) is 22.3 Å². The molecule has 0 aliphatic rings. The van der Waals surface area contributed by atoms with Gasteiger partial charge in [0.2, 0.25) is 5.91 Å². The van der Waals surface area contributed by atoms with Gasteiger partial charge in [-0.25, -0.2) is 0 Å². The van der Waals surface area contributed by atoms with Gasteiger partial charge in [0.25, 0.3) is 11.6 Å². The minimum atomic E-state index is -1.25. The molecular formula is C25H23ClN6O4. The molecule has 184 valence electrons. The highest BCUT2D eigenvalue weighted by Gasteiger charge is 2.36. The minimum absolute atomic E-state index is 0.116. The Morgan fingerprint density at radius 2 is 1.67 bits per heavy atom. The molecule has 0 spiro atoms. The maximum Gasteiger partial charge on any atom is 0.269 e. The van der Waals surface area contributed by atoms with E-state index < -0.39 is 28.3 Å². The molecule has 0 bridgehead atoms. The van der Waals surface area contributed by atoms with Crippen molar-refractivity contribution < 1.29 is 14.5 Å². The molecule has 3 aromatic rings. The number of rotatable bonds is 7. The molecule has 11 heteroatoms. The summed E-state index contributed by atoms with van der Waals surface area (Å²) in [5.41, 5.74) is 9.20. The highest BCUT2D eigenvalue weighted by atomic mass is 35.5. The van der Waals surface area contributed by atoms with Gasteiger partial charge in [0.05, 0.1) is 4.92 Å². The van der Waals surface area contributed by atoms with Crippen molar-refractivity contribution in [2.45, 2.75) is 32.4 Å². The van der Waals surface area contributed by atoms with Crippen LogP contribution in [0.5, 0.6) is 0 Å². The van der Waals surface area contributed by atoms with E-state index in [0.717, 1.165) is 0 Å². The zero-order valence-electron chi connectivity index (χ0n) is 19.8. The second-order valence-electron chi connectivity index (χ2n) is 8.85. The summed E-state index contributed by atoms with van der Waals surface area (Å²) in [6.45, 7) is 5.39. The molecule has 10 nitrogen and oxygen atoms in total. The minimum Gasteiger partial charge on any atom is -0.349 e. The van der Waals surface area contributed by atoms with Gasteiger partial charge in [-0.15, -0.1) is 0 Å². The van der Waals surface area contributed by atoms with Gasteiger partial charge in [-0.3, -0.25) is 24.6 Å². The number of anilines is 1. The van der Waals surface area contributed by atoms with Crippen LogP contribution in [0.25, 0.3) is 10.4 Å². The molecule has 1 unspecified atom stereocenters. The molecule has 0 aliphatic carbocycles. The largest absolute Gasteiger partial charge is 0.349 e. The maximum atomic E-state index is 13.9. The molecule has 0 heterocycles. The van der Waals surface area contributed by atoms with Gasteiger partial charge in [-0.05, 0) is 68.3 Å². The Morgan fingerprint density at radius 3 is 2.22 bits per heavy atom. The Balaban J connectivity index is 2.26. The first-order valence-electron chi connectivity index (χ1n) is 10.8. The molecular weight excluding hydrogens is 484 g/mol. The number of nitrogens with one attached hydrogen (secondary N) is 1. The molecule has 2 amide bonds. The first-order valence-corrected chi connectivity index (χ1v) is 11.2. The summed E-state index contributed by atoms with van der Waals surface area (Å²) in [7, 11) is 0. The lowest BCUT2D eigenvalue weighted by molar-refractivity contribution is -0.384. The molecule has 1 N–H and O–H groups in total. The van der Waals surface area contributed by atoms with Crippen molar-refractivity contribution in [2.75, 3.05) is 4.90 Å². The number of hydrogen-bond donors (Lipinski definition) is 1. The first-order chi connectivity index (χ1) is 17.0. The standard InChI is InChI=1S/C25H23ClN6O4/c1-25(2,3)28-23(33)22(20-6-4-5-7-21(20)29-30-27)31(18-14-10-17(26)11-15-18)24(34)16-8-12-19(13-9-16)32(35)36/h4-15,22H,1-3H3,(H,28,33). The number of amides is 2. The van der Waals surface area contributed by atoms with E-state index in [2.05, 4.69) is 15.3 Å². The molecule has 0 saturated heterocycles. The van der Waals surface area contributed by atoms with Crippen molar-refractivity contribution in [1.29, 1.82) is 0 Å². The predicted octanol–water partition coefficient (Wildman–Crippen LogP) is 6.49. The molecule has 36 heavy (non-hydrogen) atoms. The Hall–Kier alpha value is -4.40. The summed E-state index contributed by atoms with van der Waals surface area (Å²) >= 11 is 6.07. The lowest BCUT2D eigenvalue weighted by atomic mass is 9.98.